The van der Waals surface area contributed by atoms with Crippen molar-refractivity contribution in [2.24, 2.45) is 0 Å². The standard InChI is InChI=1S/C26H22ClN3O3S2/c1-15-10-12-16(13-11-15)28-21(31)14-34-26-29-23-22(18-7-3-5-9-20(18)35-23)25(33)30(26)24(32)17-6-2-4-8-19(17)27/h2,4,6,8,10-13H,3,5,7,9,14H2,1H3,(H,28,31). The van der Waals surface area contributed by atoms with E-state index in [1.165, 1.54) is 11.3 Å². The zero-order valence-electron chi connectivity index (χ0n) is 19.0. The number of halogens is 1. The summed E-state index contributed by atoms with van der Waals surface area (Å²) in [5.41, 5.74) is 2.59. The van der Waals surface area contributed by atoms with Gasteiger partial charge in [-0.2, -0.15) is 0 Å². The van der Waals surface area contributed by atoms with Gasteiger partial charge in [0.05, 0.1) is 21.7 Å². The number of benzene rings is 2. The van der Waals surface area contributed by atoms with Crippen LogP contribution in [0.1, 0.15) is 39.2 Å². The van der Waals surface area contributed by atoms with Crippen molar-refractivity contribution in [2.75, 3.05) is 11.1 Å². The molecule has 1 aliphatic rings. The van der Waals surface area contributed by atoms with Crippen molar-refractivity contribution < 1.29 is 9.59 Å². The number of hydrogen-bond acceptors (Lipinski definition) is 6. The Hall–Kier alpha value is -2.94. The number of nitrogens with one attached hydrogen (secondary N) is 1. The number of aryl methyl sites for hydroxylation is 3. The lowest BCUT2D eigenvalue weighted by Gasteiger charge is -2.13. The van der Waals surface area contributed by atoms with Gasteiger partial charge in [0.2, 0.25) is 5.91 Å². The largest absolute Gasteiger partial charge is 0.325 e. The molecular weight excluding hydrogens is 502 g/mol. The Morgan fingerprint density at radius 1 is 1.11 bits per heavy atom. The lowest BCUT2D eigenvalue weighted by atomic mass is 9.97. The zero-order chi connectivity index (χ0) is 24.5. The fraction of sp³-hybridized carbons (Fsp3) is 0.231. The van der Waals surface area contributed by atoms with Gasteiger partial charge in [-0.15, -0.1) is 11.3 Å². The lowest BCUT2D eigenvalue weighted by molar-refractivity contribution is -0.113. The Morgan fingerprint density at radius 3 is 2.63 bits per heavy atom. The van der Waals surface area contributed by atoms with Crippen molar-refractivity contribution in [1.29, 1.82) is 0 Å². The average molecular weight is 524 g/mol. The highest BCUT2D eigenvalue weighted by molar-refractivity contribution is 7.99. The molecule has 0 saturated carbocycles. The molecule has 35 heavy (non-hydrogen) atoms. The van der Waals surface area contributed by atoms with Crippen molar-refractivity contribution in [2.45, 2.75) is 37.8 Å². The van der Waals surface area contributed by atoms with Crippen molar-refractivity contribution >= 4 is 62.4 Å². The van der Waals surface area contributed by atoms with Crippen molar-refractivity contribution in [3.63, 3.8) is 0 Å². The maximum absolute atomic E-state index is 13.7. The van der Waals surface area contributed by atoms with E-state index in [0.29, 0.717) is 15.9 Å². The normalized spacial score (nSPS) is 13.0. The highest BCUT2D eigenvalue weighted by Crippen LogP contribution is 2.35. The average Bonchev–Trinajstić information content (AvgIpc) is 3.23. The molecule has 0 radical (unpaired) electrons. The molecule has 6 nitrogen and oxygen atoms in total. The molecule has 1 amide bonds. The third-order valence-electron chi connectivity index (χ3n) is 5.93. The van der Waals surface area contributed by atoms with Crippen LogP contribution in [0.3, 0.4) is 0 Å². The minimum absolute atomic E-state index is 0.00723. The highest BCUT2D eigenvalue weighted by Gasteiger charge is 2.26. The number of rotatable bonds is 5. The molecule has 0 saturated heterocycles. The van der Waals surface area contributed by atoms with Crippen molar-refractivity contribution in [3.8, 4) is 0 Å². The van der Waals surface area contributed by atoms with Crippen LogP contribution in [0.2, 0.25) is 5.02 Å². The summed E-state index contributed by atoms with van der Waals surface area (Å²) in [6, 6.07) is 14.1. The first-order valence-electron chi connectivity index (χ1n) is 11.3. The maximum atomic E-state index is 13.7. The molecule has 1 aliphatic carbocycles. The number of thioether (sulfide) groups is 1. The van der Waals surface area contributed by atoms with Crippen LogP contribution in [0.25, 0.3) is 10.2 Å². The van der Waals surface area contributed by atoms with Crippen molar-refractivity contribution in [1.82, 2.24) is 9.55 Å². The predicted octanol–water partition coefficient (Wildman–Crippen LogP) is 5.72. The Bertz CT molecular complexity index is 1510. The second-order valence-electron chi connectivity index (χ2n) is 8.41. The van der Waals surface area contributed by atoms with E-state index in [1.54, 1.807) is 24.3 Å². The fourth-order valence-electron chi connectivity index (χ4n) is 4.18. The summed E-state index contributed by atoms with van der Waals surface area (Å²) in [7, 11) is 0. The molecule has 0 aliphatic heterocycles. The zero-order valence-corrected chi connectivity index (χ0v) is 21.4. The molecule has 0 spiro atoms. The molecule has 1 N–H and O–H groups in total. The first-order chi connectivity index (χ1) is 16.9. The van der Waals surface area contributed by atoms with Crippen LogP contribution in [0.15, 0.2) is 58.5 Å². The van der Waals surface area contributed by atoms with Crippen molar-refractivity contribution in [3.05, 3.63) is 85.5 Å². The van der Waals surface area contributed by atoms with Crippen LogP contribution in [0, 0.1) is 6.92 Å². The summed E-state index contributed by atoms with van der Waals surface area (Å²) in [4.78, 5) is 46.4. The molecule has 2 heterocycles. The Labute approximate surface area is 215 Å². The second-order valence-corrected chi connectivity index (χ2v) is 10.8. The Balaban J connectivity index is 1.53. The molecule has 2 aromatic heterocycles. The minimum atomic E-state index is -0.549. The monoisotopic (exact) mass is 523 g/mol. The third-order valence-corrected chi connectivity index (χ3v) is 8.39. The van der Waals surface area contributed by atoms with Gasteiger partial charge in [-0.25, -0.2) is 9.55 Å². The van der Waals surface area contributed by atoms with Gasteiger partial charge in [-0.1, -0.05) is 53.2 Å². The quantitative estimate of drug-likeness (QED) is 0.267. The predicted molar refractivity (Wildman–Crippen MR) is 142 cm³/mol. The highest BCUT2D eigenvalue weighted by atomic mass is 35.5. The number of aromatic nitrogens is 2. The van der Waals surface area contributed by atoms with Crippen LogP contribution in [-0.2, 0) is 17.6 Å². The summed E-state index contributed by atoms with van der Waals surface area (Å²) < 4.78 is 1.08. The fourth-order valence-corrected chi connectivity index (χ4v) is 6.49. The summed E-state index contributed by atoms with van der Waals surface area (Å²) in [6.07, 6.45) is 3.80. The first-order valence-corrected chi connectivity index (χ1v) is 13.5. The van der Waals surface area contributed by atoms with E-state index in [2.05, 4.69) is 5.32 Å². The Kier molecular flexibility index (Phi) is 6.77. The van der Waals surface area contributed by atoms with E-state index in [4.69, 9.17) is 16.6 Å². The second kappa shape index (κ2) is 9.97. The topological polar surface area (TPSA) is 81.1 Å². The van der Waals surface area contributed by atoms with E-state index in [0.717, 1.165) is 58.0 Å². The molecule has 9 heteroatoms. The SMILES string of the molecule is Cc1ccc(NC(=O)CSc2nc3sc4c(c3c(=O)n2C(=O)c2ccccc2Cl)CCCC4)cc1. The summed E-state index contributed by atoms with van der Waals surface area (Å²) in [5, 5.41) is 3.79. The van der Waals surface area contributed by atoms with Gasteiger partial charge in [0, 0.05) is 10.6 Å². The molecule has 2 aromatic carbocycles. The van der Waals surface area contributed by atoms with Gasteiger partial charge in [-0.05, 0) is 62.4 Å². The molecule has 0 fully saturated rings. The maximum Gasteiger partial charge on any atom is 0.270 e. The molecule has 178 valence electrons. The smallest absolute Gasteiger partial charge is 0.270 e. The van der Waals surface area contributed by atoms with Gasteiger partial charge >= 0.3 is 0 Å². The van der Waals surface area contributed by atoms with Gasteiger partial charge in [-0.3, -0.25) is 14.4 Å². The number of hydrogen-bond donors (Lipinski definition) is 1. The molecular formula is C26H22ClN3O3S2. The van der Waals surface area contributed by atoms with E-state index in [-0.39, 0.29) is 27.4 Å². The van der Waals surface area contributed by atoms with Crippen LogP contribution < -0.4 is 10.9 Å². The van der Waals surface area contributed by atoms with E-state index >= 15 is 0 Å². The molecule has 0 atom stereocenters. The van der Waals surface area contributed by atoms with Gasteiger partial charge < -0.3 is 5.32 Å². The summed E-state index contributed by atoms with van der Waals surface area (Å²) >= 11 is 8.86. The Morgan fingerprint density at radius 2 is 1.86 bits per heavy atom. The molecule has 0 bridgehead atoms. The number of carbonyl (C=O) groups is 2. The van der Waals surface area contributed by atoms with Crippen LogP contribution >= 0.6 is 34.7 Å². The number of thiophene rings is 1. The van der Waals surface area contributed by atoms with E-state index in [9.17, 15) is 14.4 Å². The summed E-state index contributed by atoms with van der Waals surface area (Å²) in [6.45, 7) is 1.97. The van der Waals surface area contributed by atoms with Crippen LogP contribution in [0.4, 0.5) is 5.69 Å². The first kappa shape index (κ1) is 23.8. The summed E-state index contributed by atoms with van der Waals surface area (Å²) in [5.74, 6) is -0.810. The van der Waals surface area contributed by atoms with E-state index in [1.807, 2.05) is 31.2 Å². The van der Waals surface area contributed by atoms with Crippen LogP contribution in [0.5, 0.6) is 0 Å². The molecule has 4 aromatic rings. The number of fused-ring (bicyclic) bond motifs is 3. The number of amides is 1. The molecule has 5 rings (SSSR count). The lowest BCUT2D eigenvalue weighted by Crippen LogP contribution is -2.30. The third kappa shape index (κ3) is 4.78. The number of nitrogens with zero attached hydrogens (tertiary/aromatic N) is 2. The van der Waals surface area contributed by atoms with Gasteiger partial charge in [0.1, 0.15) is 4.83 Å². The van der Waals surface area contributed by atoms with Crippen LogP contribution in [-0.4, -0.2) is 27.1 Å². The molecule has 0 unspecified atom stereocenters. The van der Waals surface area contributed by atoms with E-state index < -0.39 is 11.5 Å². The number of carbonyl (C=O) groups excluding carboxylic acids is 2. The van der Waals surface area contributed by atoms with Gasteiger partial charge in [0.25, 0.3) is 11.5 Å². The number of anilines is 1. The minimum Gasteiger partial charge on any atom is -0.325 e. The van der Waals surface area contributed by atoms with Gasteiger partial charge in [0.15, 0.2) is 5.16 Å².